The number of anilines is 1. The van der Waals surface area contributed by atoms with Crippen molar-refractivity contribution in [2.45, 2.75) is 6.42 Å². The van der Waals surface area contributed by atoms with Gasteiger partial charge in [0, 0.05) is 12.2 Å². The van der Waals surface area contributed by atoms with Crippen LogP contribution in [0.25, 0.3) is 0 Å². The Morgan fingerprint density at radius 3 is 2.61 bits per heavy atom. The van der Waals surface area contributed by atoms with Gasteiger partial charge in [0.2, 0.25) is 5.91 Å². The van der Waals surface area contributed by atoms with Gasteiger partial charge in [-0.15, -0.1) is 0 Å². The molecular weight excluding hydrogens is 232 g/mol. The Morgan fingerprint density at radius 2 is 1.94 bits per heavy atom. The molecule has 1 saturated heterocycles. The van der Waals surface area contributed by atoms with E-state index in [0.717, 1.165) is 0 Å². The summed E-state index contributed by atoms with van der Waals surface area (Å²) >= 11 is 0. The van der Waals surface area contributed by atoms with Crippen molar-refractivity contribution in [3.05, 3.63) is 30.3 Å². The van der Waals surface area contributed by atoms with E-state index in [2.05, 4.69) is 10.6 Å². The molecule has 0 unspecified atom stereocenters. The number of piperidine rings is 1. The Bertz CT molecular complexity index is 433. The van der Waals surface area contributed by atoms with Crippen LogP contribution in [-0.4, -0.2) is 30.1 Å². The van der Waals surface area contributed by atoms with Crippen molar-refractivity contribution in [2.24, 2.45) is 11.8 Å². The number of aliphatic carboxylic acids is 1. The minimum Gasteiger partial charge on any atom is -0.481 e. The van der Waals surface area contributed by atoms with Crippen LogP contribution < -0.4 is 10.6 Å². The second-order valence-corrected chi connectivity index (χ2v) is 4.40. The predicted octanol–water partition coefficient (Wildman–Crippen LogP) is 0.935. The van der Waals surface area contributed by atoms with Crippen LogP contribution >= 0.6 is 0 Å². The van der Waals surface area contributed by atoms with Gasteiger partial charge >= 0.3 is 5.97 Å². The third-order valence-electron chi connectivity index (χ3n) is 3.18. The molecule has 0 aliphatic carbocycles. The highest BCUT2D eigenvalue weighted by Gasteiger charge is 2.35. The van der Waals surface area contributed by atoms with E-state index in [0.29, 0.717) is 25.2 Å². The summed E-state index contributed by atoms with van der Waals surface area (Å²) in [5.74, 6) is -2.25. The van der Waals surface area contributed by atoms with Gasteiger partial charge in [0.25, 0.3) is 0 Å². The van der Waals surface area contributed by atoms with Crippen LogP contribution in [0.3, 0.4) is 0 Å². The lowest BCUT2D eigenvalue weighted by Gasteiger charge is -2.28. The smallest absolute Gasteiger partial charge is 0.308 e. The van der Waals surface area contributed by atoms with Gasteiger partial charge in [-0.1, -0.05) is 18.2 Å². The molecule has 1 aromatic rings. The molecule has 0 spiro atoms. The first kappa shape index (κ1) is 12.6. The highest BCUT2D eigenvalue weighted by atomic mass is 16.4. The summed E-state index contributed by atoms with van der Waals surface area (Å²) in [6, 6.07) is 9.09. The van der Waals surface area contributed by atoms with E-state index in [9.17, 15) is 9.59 Å². The van der Waals surface area contributed by atoms with Crippen LogP contribution in [0, 0.1) is 11.8 Å². The number of carboxylic acid groups (broad SMARTS) is 1. The SMILES string of the molecule is O=C(O)[C@H]1CNCC[C@@H]1C(=O)Nc1ccccc1. The number of hydrogen-bond acceptors (Lipinski definition) is 3. The molecule has 0 radical (unpaired) electrons. The third-order valence-corrected chi connectivity index (χ3v) is 3.18. The Labute approximate surface area is 105 Å². The predicted molar refractivity (Wildman–Crippen MR) is 67.2 cm³/mol. The number of amides is 1. The monoisotopic (exact) mass is 248 g/mol. The van der Waals surface area contributed by atoms with Crippen molar-refractivity contribution in [2.75, 3.05) is 18.4 Å². The molecule has 5 nitrogen and oxygen atoms in total. The quantitative estimate of drug-likeness (QED) is 0.743. The summed E-state index contributed by atoms with van der Waals surface area (Å²) in [6.45, 7) is 1.03. The summed E-state index contributed by atoms with van der Waals surface area (Å²) < 4.78 is 0. The van der Waals surface area contributed by atoms with Crippen molar-refractivity contribution in [1.29, 1.82) is 0 Å². The average molecular weight is 248 g/mol. The Kier molecular flexibility index (Phi) is 3.94. The van der Waals surface area contributed by atoms with Crippen molar-refractivity contribution < 1.29 is 14.7 Å². The Morgan fingerprint density at radius 1 is 1.22 bits per heavy atom. The minimum atomic E-state index is -0.921. The Balaban J connectivity index is 2.05. The molecule has 1 fully saturated rings. The first-order valence-corrected chi connectivity index (χ1v) is 5.98. The summed E-state index contributed by atoms with van der Waals surface area (Å²) in [7, 11) is 0. The van der Waals surface area contributed by atoms with E-state index in [-0.39, 0.29) is 5.91 Å². The summed E-state index contributed by atoms with van der Waals surface area (Å²) in [6.07, 6.45) is 0.551. The molecule has 2 atom stereocenters. The van der Waals surface area contributed by atoms with Crippen LogP contribution in [-0.2, 0) is 9.59 Å². The molecule has 5 heteroatoms. The zero-order chi connectivity index (χ0) is 13.0. The van der Waals surface area contributed by atoms with Crippen LogP contribution in [0.2, 0.25) is 0 Å². The maximum Gasteiger partial charge on any atom is 0.308 e. The molecule has 96 valence electrons. The molecule has 18 heavy (non-hydrogen) atoms. The number of para-hydroxylation sites is 1. The molecule has 0 saturated carbocycles. The summed E-state index contributed by atoms with van der Waals surface area (Å²) in [5.41, 5.74) is 0.699. The van der Waals surface area contributed by atoms with E-state index in [4.69, 9.17) is 5.11 Å². The fourth-order valence-electron chi connectivity index (χ4n) is 2.19. The first-order valence-electron chi connectivity index (χ1n) is 5.98. The maximum absolute atomic E-state index is 12.1. The number of benzene rings is 1. The maximum atomic E-state index is 12.1. The number of carbonyl (C=O) groups is 2. The standard InChI is InChI=1S/C13H16N2O3/c16-12(15-9-4-2-1-3-5-9)10-6-7-14-8-11(10)13(17)18/h1-5,10-11,14H,6-8H2,(H,15,16)(H,17,18)/t10-,11-/m0/s1. The number of nitrogens with one attached hydrogen (secondary N) is 2. The molecule has 0 bridgehead atoms. The molecule has 1 aromatic carbocycles. The van der Waals surface area contributed by atoms with E-state index in [1.165, 1.54) is 0 Å². The van der Waals surface area contributed by atoms with E-state index in [1.54, 1.807) is 12.1 Å². The molecular formula is C13H16N2O3. The fourth-order valence-corrected chi connectivity index (χ4v) is 2.19. The van der Waals surface area contributed by atoms with Gasteiger partial charge in [-0.05, 0) is 25.1 Å². The lowest BCUT2D eigenvalue weighted by atomic mass is 9.85. The van der Waals surface area contributed by atoms with Gasteiger partial charge in [-0.25, -0.2) is 0 Å². The van der Waals surface area contributed by atoms with Crippen molar-refractivity contribution >= 4 is 17.6 Å². The van der Waals surface area contributed by atoms with Crippen molar-refractivity contribution in [1.82, 2.24) is 5.32 Å². The highest BCUT2D eigenvalue weighted by Crippen LogP contribution is 2.21. The van der Waals surface area contributed by atoms with Crippen LogP contribution in [0.5, 0.6) is 0 Å². The first-order chi connectivity index (χ1) is 8.68. The minimum absolute atomic E-state index is 0.213. The normalized spacial score (nSPS) is 23.3. The number of carboxylic acids is 1. The second-order valence-electron chi connectivity index (χ2n) is 4.40. The lowest BCUT2D eigenvalue weighted by Crippen LogP contribution is -2.45. The average Bonchev–Trinajstić information content (AvgIpc) is 2.40. The highest BCUT2D eigenvalue weighted by molar-refractivity contribution is 5.95. The number of hydrogen-bond donors (Lipinski definition) is 3. The molecule has 2 rings (SSSR count). The van der Waals surface area contributed by atoms with Crippen molar-refractivity contribution in [3.63, 3.8) is 0 Å². The molecule has 0 aromatic heterocycles. The molecule has 3 N–H and O–H groups in total. The van der Waals surface area contributed by atoms with Gasteiger partial charge in [-0.3, -0.25) is 9.59 Å². The van der Waals surface area contributed by atoms with Gasteiger partial charge in [0.05, 0.1) is 11.8 Å². The van der Waals surface area contributed by atoms with E-state index in [1.807, 2.05) is 18.2 Å². The van der Waals surface area contributed by atoms with Gasteiger partial charge in [0.15, 0.2) is 0 Å². The number of rotatable bonds is 3. The fraction of sp³-hybridized carbons (Fsp3) is 0.385. The third kappa shape index (κ3) is 2.87. The van der Waals surface area contributed by atoms with Crippen LogP contribution in [0.4, 0.5) is 5.69 Å². The molecule has 1 aliphatic rings. The largest absolute Gasteiger partial charge is 0.481 e. The lowest BCUT2D eigenvalue weighted by molar-refractivity contribution is -0.147. The zero-order valence-corrected chi connectivity index (χ0v) is 9.93. The molecule has 1 aliphatic heterocycles. The topological polar surface area (TPSA) is 78.4 Å². The van der Waals surface area contributed by atoms with Gasteiger partial charge in [0.1, 0.15) is 0 Å². The summed E-state index contributed by atoms with van der Waals surface area (Å²) in [5, 5.41) is 14.9. The van der Waals surface area contributed by atoms with E-state index < -0.39 is 17.8 Å². The number of carbonyl (C=O) groups excluding carboxylic acids is 1. The second kappa shape index (κ2) is 5.64. The van der Waals surface area contributed by atoms with Crippen LogP contribution in [0.15, 0.2) is 30.3 Å². The summed E-state index contributed by atoms with van der Waals surface area (Å²) in [4.78, 5) is 23.2. The van der Waals surface area contributed by atoms with Crippen LogP contribution in [0.1, 0.15) is 6.42 Å². The Hall–Kier alpha value is -1.88. The molecule has 1 heterocycles. The zero-order valence-electron chi connectivity index (χ0n) is 9.93. The molecule has 1 amide bonds. The van der Waals surface area contributed by atoms with Gasteiger partial charge < -0.3 is 15.7 Å². The van der Waals surface area contributed by atoms with E-state index >= 15 is 0 Å². The van der Waals surface area contributed by atoms with Gasteiger partial charge in [-0.2, -0.15) is 0 Å². The van der Waals surface area contributed by atoms with Crippen molar-refractivity contribution in [3.8, 4) is 0 Å².